The summed E-state index contributed by atoms with van der Waals surface area (Å²) in [6.45, 7) is 1.92. The van der Waals surface area contributed by atoms with Crippen LogP contribution < -0.4 is 4.74 Å². The number of aliphatic hydroxyl groups is 1. The van der Waals surface area contributed by atoms with Gasteiger partial charge in [0.2, 0.25) is 0 Å². The van der Waals surface area contributed by atoms with Gasteiger partial charge in [-0.1, -0.05) is 60.7 Å². The highest BCUT2D eigenvalue weighted by Gasteiger charge is 2.37. The molecule has 6 nitrogen and oxygen atoms in total. The van der Waals surface area contributed by atoms with E-state index in [0.717, 1.165) is 33.6 Å². The fourth-order valence-electron chi connectivity index (χ4n) is 4.26. The summed E-state index contributed by atoms with van der Waals surface area (Å²) in [6, 6.07) is 27.2. The number of aryl methyl sites for hydroxylation is 1. The first kappa shape index (κ1) is 20.8. The monoisotopic (exact) mass is 436 g/mol. The maximum Gasteiger partial charge on any atom is 0.166 e. The molecule has 0 saturated carbocycles. The maximum absolute atomic E-state index is 12.3. The summed E-state index contributed by atoms with van der Waals surface area (Å²) in [4.78, 5) is 9.16. The highest BCUT2D eigenvalue weighted by Crippen LogP contribution is 2.37. The van der Waals surface area contributed by atoms with Gasteiger partial charge in [-0.3, -0.25) is 0 Å². The number of methoxy groups -OCH3 is 1. The van der Waals surface area contributed by atoms with Crippen LogP contribution in [-0.2, 0) is 12.0 Å². The Morgan fingerprint density at radius 2 is 1.55 bits per heavy atom. The second-order valence-corrected chi connectivity index (χ2v) is 8.00. The summed E-state index contributed by atoms with van der Waals surface area (Å²) < 4.78 is 7.13. The van der Waals surface area contributed by atoms with E-state index in [4.69, 9.17) is 9.84 Å². The van der Waals surface area contributed by atoms with E-state index in [1.54, 1.807) is 11.8 Å². The normalized spacial score (nSPS) is 13.1. The van der Waals surface area contributed by atoms with Crippen LogP contribution in [0.1, 0.15) is 22.5 Å². The lowest BCUT2D eigenvalue weighted by molar-refractivity contribution is 0.0780. The SMILES string of the molecule is COc1ccc(C(O)(Cc2ccccc2)c2ncnc3c2c(C)nn3-c2ccccc2)cc1. The number of aromatic nitrogens is 4. The first-order valence-electron chi connectivity index (χ1n) is 10.8. The lowest BCUT2D eigenvalue weighted by Crippen LogP contribution is -2.32. The molecule has 2 aromatic heterocycles. The number of hydrogen-bond acceptors (Lipinski definition) is 5. The molecule has 0 saturated heterocycles. The lowest BCUT2D eigenvalue weighted by atomic mass is 9.83. The fraction of sp³-hybridized carbons (Fsp3) is 0.148. The molecule has 0 spiro atoms. The van der Waals surface area contributed by atoms with Crippen LogP contribution in [0.2, 0.25) is 0 Å². The average molecular weight is 437 g/mol. The second kappa shape index (κ2) is 8.48. The number of benzene rings is 3. The average Bonchev–Trinajstić information content (AvgIpc) is 3.22. The van der Waals surface area contributed by atoms with Crippen molar-refractivity contribution < 1.29 is 9.84 Å². The molecule has 0 bridgehead atoms. The van der Waals surface area contributed by atoms with E-state index < -0.39 is 5.60 Å². The van der Waals surface area contributed by atoms with E-state index in [0.29, 0.717) is 17.8 Å². The first-order chi connectivity index (χ1) is 16.1. The van der Waals surface area contributed by atoms with Crippen LogP contribution in [0.3, 0.4) is 0 Å². The number of ether oxygens (including phenoxy) is 1. The van der Waals surface area contributed by atoms with Crippen molar-refractivity contribution in [2.45, 2.75) is 18.9 Å². The Labute approximate surface area is 192 Å². The van der Waals surface area contributed by atoms with Crippen molar-refractivity contribution in [1.29, 1.82) is 0 Å². The molecule has 5 rings (SSSR count). The van der Waals surface area contributed by atoms with Crippen molar-refractivity contribution >= 4 is 11.0 Å². The zero-order valence-electron chi connectivity index (χ0n) is 18.5. The maximum atomic E-state index is 12.3. The van der Waals surface area contributed by atoms with Gasteiger partial charge in [-0.25, -0.2) is 14.6 Å². The van der Waals surface area contributed by atoms with Gasteiger partial charge in [0.05, 0.1) is 29.6 Å². The van der Waals surface area contributed by atoms with Crippen LogP contribution in [-0.4, -0.2) is 32.0 Å². The quantitative estimate of drug-likeness (QED) is 0.421. The van der Waals surface area contributed by atoms with Crippen LogP contribution in [0, 0.1) is 6.92 Å². The van der Waals surface area contributed by atoms with Gasteiger partial charge in [-0.15, -0.1) is 0 Å². The fourth-order valence-corrected chi connectivity index (χ4v) is 4.26. The Hall–Kier alpha value is -4.03. The molecule has 33 heavy (non-hydrogen) atoms. The Morgan fingerprint density at radius 1 is 0.879 bits per heavy atom. The zero-order valence-corrected chi connectivity index (χ0v) is 18.5. The standard InChI is InChI=1S/C27H24N4O2/c1-19-24-25(28-18-29-26(24)31(30-19)22-11-7-4-8-12-22)27(32,17-20-9-5-3-6-10-20)21-13-15-23(33-2)16-14-21/h3-16,18,32H,17H2,1-2H3. The smallest absolute Gasteiger partial charge is 0.166 e. The van der Waals surface area contributed by atoms with E-state index >= 15 is 0 Å². The Kier molecular flexibility index (Phi) is 5.36. The Morgan fingerprint density at radius 3 is 2.21 bits per heavy atom. The molecule has 0 aliphatic carbocycles. The highest BCUT2D eigenvalue weighted by molar-refractivity contribution is 5.83. The summed E-state index contributed by atoms with van der Waals surface area (Å²) in [6.07, 6.45) is 1.85. The summed E-state index contributed by atoms with van der Waals surface area (Å²) >= 11 is 0. The van der Waals surface area contributed by atoms with E-state index in [1.165, 1.54) is 6.33 Å². The van der Waals surface area contributed by atoms with Crippen molar-refractivity contribution in [3.05, 3.63) is 114 Å². The topological polar surface area (TPSA) is 73.1 Å². The minimum atomic E-state index is -1.40. The molecule has 2 heterocycles. The third-order valence-electron chi connectivity index (χ3n) is 5.90. The molecular formula is C27H24N4O2. The zero-order chi connectivity index (χ0) is 22.8. The van der Waals surface area contributed by atoms with E-state index in [2.05, 4.69) is 9.97 Å². The van der Waals surface area contributed by atoms with Crippen LogP contribution in [0.5, 0.6) is 5.75 Å². The van der Waals surface area contributed by atoms with Gasteiger partial charge in [-0.05, 0) is 42.3 Å². The molecule has 0 aliphatic heterocycles. The van der Waals surface area contributed by atoms with Crippen LogP contribution in [0.15, 0.2) is 91.3 Å². The molecule has 0 amide bonds. The number of nitrogens with zero attached hydrogens (tertiary/aromatic N) is 4. The van der Waals surface area contributed by atoms with E-state index in [9.17, 15) is 5.11 Å². The van der Waals surface area contributed by atoms with Gasteiger partial charge in [0.15, 0.2) is 5.65 Å². The predicted octanol–water partition coefficient (Wildman–Crippen LogP) is 4.61. The van der Waals surface area contributed by atoms with Crippen LogP contribution in [0.25, 0.3) is 16.7 Å². The van der Waals surface area contributed by atoms with Gasteiger partial charge < -0.3 is 9.84 Å². The Balaban J connectivity index is 1.74. The van der Waals surface area contributed by atoms with E-state index in [1.807, 2.05) is 91.9 Å². The molecular weight excluding hydrogens is 412 g/mol. The molecule has 0 aliphatic rings. The molecule has 1 N–H and O–H groups in total. The molecule has 164 valence electrons. The highest BCUT2D eigenvalue weighted by atomic mass is 16.5. The van der Waals surface area contributed by atoms with Gasteiger partial charge in [0.25, 0.3) is 0 Å². The molecule has 1 atom stereocenters. The third kappa shape index (κ3) is 3.75. The van der Waals surface area contributed by atoms with Crippen LogP contribution >= 0.6 is 0 Å². The molecule has 5 aromatic rings. The third-order valence-corrected chi connectivity index (χ3v) is 5.90. The minimum Gasteiger partial charge on any atom is -0.497 e. The van der Waals surface area contributed by atoms with Crippen molar-refractivity contribution in [2.75, 3.05) is 7.11 Å². The lowest BCUT2D eigenvalue weighted by Gasteiger charge is -2.29. The summed E-state index contributed by atoms with van der Waals surface area (Å²) in [5.74, 6) is 0.724. The number of fused-ring (bicyclic) bond motifs is 1. The second-order valence-electron chi connectivity index (χ2n) is 8.00. The molecule has 3 aromatic carbocycles. The number of para-hydroxylation sites is 1. The summed E-state index contributed by atoms with van der Waals surface area (Å²) in [5.41, 5.74) is 3.16. The minimum absolute atomic E-state index is 0.349. The van der Waals surface area contributed by atoms with E-state index in [-0.39, 0.29) is 0 Å². The van der Waals surface area contributed by atoms with Gasteiger partial charge in [-0.2, -0.15) is 5.10 Å². The predicted molar refractivity (Wildman–Crippen MR) is 128 cm³/mol. The van der Waals surface area contributed by atoms with Crippen molar-refractivity contribution in [2.24, 2.45) is 0 Å². The van der Waals surface area contributed by atoms with Crippen molar-refractivity contribution in [3.63, 3.8) is 0 Å². The van der Waals surface area contributed by atoms with Crippen molar-refractivity contribution in [3.8, 4) is 11.4 Å². The first-order valence-corrected chi connectivity index (χ1v) is 10.8. The molecule has 1 unspecified atom stereocenters. The van der Waals surface area contributed by atoms with Gasteiger partial charge >= 0.3 is 0 Å². The van der Waals surface area contributed by atoms with Gasteiger partial charge in [0.1, 0.15) is 17.7 Å². The van der Waals surface area contributed by atoms with Crippen LogP contribution in [0.4, 0.5) is 0 Å². The number of hydrogen-bond donors (Lipinski definition) is 1. The largest absolute Gasteiger partial charge is 0.497 e. The number of rotatable bonds is 6. The summed E-state index contributed by atoms with van der Waals surface area (Å²) in [7, 11) is 1.63. The molecule has 0 radical (unpaired) electrons. The Bertz CT molecular complexity index is 1380. The van der Waals surface area contributed by atoms with Crippen molar-refractivity contribution in [1.82, 2.24) is 19.7 Å². The summed E-state index contributed by atoms with van der Waals surface area (Å²) in [5, 5.41) is 17.8. The molecule has 6 heteroatoms. The molecule has 0 fully saturated rings. The van der Waals surface area contributed by atoms with Gasteiger partial charge in [0, 0.05) is 6.42 Å².